The second-order valence-corrected chi connectivity index (χ2v) is 3.15. The van der Waals surface area contributed by atoms with Gasteiger partial charge in [0.25, 0.3) is 0 Å². The third-order valence-corrected chi connectivity index (χ3v) is 2.13. The molecule has 0 bridgehead atoms. The van der Waals surface area contributed by atoms with E-state index in [4.69, 9.17) is 11.0 Å². The molecule has 78 valence electrons. The van der Waals surface area contributed by atoms with Crippen molar-refractivity contribution in [2.75, 3.05) is 0 Å². The van der Waals surface area contributed by atoms with Crippen molar-refractivity contribution < 1.29 is 4.79 Å². The van der Waals surface area contributed by atoms with E-state index in [1.807, 2.05) is 6.07 Å². The van der Waals surface area contributed by atoms with Gasteiger partial charge < -0.3 is 5.73 Å². The summed E-state index contributed by atoms with van der Waals surface area (Å²) in [5.41, 5.74) is 6.38. The zero-order chi connectivity index (χ0) is 11.5. The average molecular weight is 212 g/mol. The number of hydrogen-bond donors (Lipinski definition) is 1. The van der Waals surface area contributed by atoms with Crippen molar-refractivity contribution in [1.29, 1.82) is 5.26 Å². The first kappa shape index (κ1) is 9.93. The lowest BCUT2D eigenvalue weighted by molar-refractivity contribution is 0.250. The monoisotopic (exact) mass is 212 g/mol. The molecule has 5 heteroatoms. The van der Waals surface area contributed by atoms with Gasteiger partial charge in [0.1, 0.15) is 5.82 Å². The van der Waals surface area contributed by atoms with E-state index in [1.165, 1.54) is 17.0 Å². The van der Waals surface area contributed by atoms with E-state index in [0.717, 1.165) is 0 Å². The minimum Gasteiger partial charge on any atom is -0.351 e. The highest BCUT2D eigenvalue weighted by Gasteiger charge is 2.09. The first-order chi connectivity index (χ1) is 7.72. The lowest BCUT2D eigenvalue weighted by Crippen LogP contribution is -2.19. The van der Waals surface area contributed by atoms with Crippen LogP contribution in [0.2, 0.25) is 0 Å². The zero-order valence-electron chi connectivity index (χ0n) is 8.29. The first-order valence-corrected chi connectivity index (χ1v) is 4.56. The summed E-state index contributed by atoms with van der Waals surface area (Å²) < 4.78 is 1.23. The predicted octanol–water partition coefficient (Wildman–Crippen LogP) is 1.35. The van der Waals surface area contributed by atoms with Crippen LogP contribution in [-0.4, -0.2) is 15.6 Å². The van der Waals surface area contributed by atoms with Gasteiger partial charge in [-0.2, -0.15) is 5.26 Å². The Labute approximate surface area is 91.8 Å². The molecule has 5 nitrogen and oxygen atoms in total. The fraction of sp³-hybridized carbons (Fsp3) is 0. The van der Waals surface area contributed by atoms with Crippen LogP contribution in [-0.2, 0) is 0 Å². The quantitative estimate of drug-likeness (QED) is 0.774. The molecule has 1 aromatic heterocycles. The number of nitrogens with two attached hydrogens (primary N) is 1. The Morgan fingerprint density at radius 3 is 3.00 bits per heavy atom. The van der Waals surface area contributed by atoms with Crippen LogP contribution in [0.4, 0.5) is 4.79 Å². The van der Waals surface area contributed by atoms with Crippen molar-refractivity contribution in [2.24, 2.45) is 5.73 Å². The van der Waals surface area contributed by atoms with Gasteiger partial charge in [0.05, 0.1) is 11.6 Å². The summed E-state index contributed by atoms with van der Waals surface area (Å²) in [5.74, 6) is 0.435. The molecule has 0 fully saturated rings. The molecule has 0 aliphatic carbocycles. The van der Waals surface area contributed by atoms with Gasteiger partial charge in [0, 0.05) is 18.0 Å². The lowest BCUT2D eigenvalue weighted by atomic mass is 10.1. The van der Waals surface area contributed by atoms with Gasteiger partial charge in [-0.3, -0.25) is 4.57 Å². The van der Waals surface area contributed by atoms with Crippen LogP contribution >= 0.6 is 0 Å². The van der Waals surface area contributed by atoms with E-state index in [9.17, 15) is 4.79 Å². The Kier molecular flexibility index (Phi) is 2.40. The van der Waals surface area contributed by atoms with E-state index in [2.05, 4.69) is 4.98 Å². The molecule has 2 rings (SSSR count). The molecule has 0 atom stereocenters. The van der Waals surface area contributed by atoms with Crippen molar-refractivity contribution in [3.05, 3.63) is 42.2 Å². The highest BCUT2D eigenvalue weighted by Crippen LogP contribution is 2.18. The zero-order valence-corrected chi connectivity index (χ0v) is 8.29. The number of imidazole rings is 1. The van der Waals surface area contributed by atoms with Gasteiger partial charge >= 0.3 is 6.03 Å². The number of aromatic nitrogens is 2. The summed E-state index contributed by atoms with van der Waals surface area (Å²) in [6, 6.07) is 8.26. The topological polar surface area (TPSA) is 84.7 Å². The van der Waals surface area contributed by atoms with E-state index < -0.39 is 6.03 Å². The maximum atomic E-state index is 11.1. The van der Waals surface area contributed by atoms with Crippen molar-refractivity contribution in [2.45, 2.75) is 0 Å². The Hall–Kier alpha value is -2.61. The third kappa shape index (κ3) is 1.64. The molecule has 0 spiro atoms. The molecule has 2 aromatic rings. The minimum atomic E-state index is -0.602. The van der Waals surface area contributed by atoms with Crippen LogP contribution in [0.3, 0.4) is 0 Å². The smallest absolute Gasteiger partial charge is 0.324 e. The number of hydrogen-bond acceptors (Lipinski definition) is 3. The molecule has 0 saturated heterocycles. The van der Waals surface area contributed by atoms with E-state index in [-0.39, 0.29) is 0 Å². The molecule has 1 aromatic carbocycles. The van der Waals surface area contributed by atoms with Crippen molar-refractivity contribution in [1.82, 2.24) is 9.55 Å². The summed E-state index contributed by atoms with van der Waals surface area (Å²) in [5, 5.41) is 8.77. The fourth-order valence-corrected chi connectivity index (χ4v) is 1.42. The highest BCUT2D eigenvalue weighted by atomic mass is 16.2. The van der Waals surface area contributed by atoms with Crippen LogP contribution in [0.25, 0.3) is 11.4 Å². The number of amides is 1. The molecule has 0 aliphatic heterocycles. The number of carbonyl (C=O) groups is 1. The number of carbonyl (C=O) groups excluding carboxylic acids is 1. The summed E-state index contributed by atoms with van der Waals surface area (Å²) in [7, 11) is 0. The molecular weight excluding hydrogens is 204 g/mol. The van der Waals surface area contributed by atoms with Gasteiger partial charge in [0.2, 0.25) is 0 Å². The number of nitrogens with zero attached hydrogens (tertiary/aromatic N) is 3. The molecule has 1 amide bonds. The summed E-state index contributed by atoms with van der Waals surface area (Å²) in [6.45, 7) is 0. The van der Waals surface area contributed by atoms with E-state index >= 15 is 0 Å². The molecule has 0 radical (unpaired) electrons. The molecule has 1 heterocycles. The van der Waals surface area contributed by atoms with Gasteiger partial charge in [-0.05, 0) is 12.1 Å². The Bertz CT molecular complexity index is 580. The maximum absolute atomic E-state index is 11.1. The molecular formula is C11H8N4O. The van der Waals surface area contributed by atoms with Crippen LogP contribution in [0.15, 0.2) is 36.7 Å². The fourth-order valence-electron chi connectivity index (χ4n) is 1.42. The molecule has 0 aliphatic rings. The number of nitriles is 1. The lowest BCUT2D eigenvalue weighted by Gasteiger charge is -2.03. The number of primary amides is 1. The third-order valence-electron chi connectivity index (χ3n) is 2.13. The molecule has 0 saturated carbocycles. The Balaban J connectivity index is 2.55. The van der Waals surface area contributed by atoms with Crippen LogP contribution in [0, 0.1) is 11.3 Å². The summed E-state index contributed by atoms with van der Waals surface area (Å²) in [6.07, 6.45) is 2.97. The Morgan fingerprint density at radius 1 is 1.50 bits per heavy atom. The predicted molar refractivity (Wildman–Crippen MR) is 57.4 cm³/mol. The van der Waals surface area contributed by atoms with E-state index in [1.54, 1.807) is 24.3 Å². The average Bonchev–Trinajstić information content (AvgIpc) is 2.78. The minimum absolute atomic E-state index is 0.435. The summed E-state index contributed by atoms with van der Waals surface area (Å²) in [4.78, 5) is 15.1. The van der Waals surface area contributed by atoms with Gasteiger partial charge in [-0.25, -0.2) is 9.78 Å². The Morgan fingerprint density at radius 2 is 2.31 bits per heavy atom. The van der Waals surface area contributed by atoms with Gasteiger partial charge in [-0.1, -0.05) is 12.1 Å². The van der Waals surface area contributed by atoms with Crippen molar-refractivity contribution in [3.63, 3.8) is 0 Å². The normalized spacial score (nSPS) is 9.69. The highest BCUT2D eigenvalue weighted by molar-refractivity contribution is 5.80. The van der Waals surface area contributed by atoms with Crippen molar-refractivity contribution in [3.8, 4) is 17.5 Å². The second kappa shape index (κ2) is 3.87. The second-order valence-electron chi connectivity index (χ2n) is 3.15. The molecule has 0 unspecified atom stereocenters. The van der Waals surface area contributed by atoms with E-state index in [0.29, 0.717) is 17.0 Å². The number of benzene rings is 1. The van der Waals surface area contributed by atoms with Crippen LogP contribution < -0.4 is 5.73 Å². The van der Waals surface area contributed by atoms with Crippen LogP contribution in [0.1, 0.15) is 5.56 Å². The number of rotatable bonds is 1. The molecule has 16 heavy (non-hydrogen) atoms. The largest absolute Gasteiger partial charge is 0.351 e. The summed E-state index contributed by atoms with van der Waals surface area (Å²) >= 11 is 0. The van der Waals surface area contributed by atoms with Gasteiger partial charge in [-0.15, -0.1) is 0 Å². The first-order valence-electron chi connectivity index (χ1n) is 4.56. The standard InChI is InChI=1S/C11H8N4O/c12-7-8-2-1-3-9(6-8)10-14-4-5-15(10)11(13)16/h1-6H,(H2,13,16). The van der Waals surface area contributed by atoms with Gasteiger partial charge in [0.15, 0.2) is 0 Å². The maximum Gasteiger partial charge on any atom is 0.324 e. The van der Waals surface area contributed by atoms with Crippen molar-refractivity contribution >= 4 is 6.03 Å². The van der Waals surface area contributed by atoms with Crippen LogP contribution in [0.5, 0.6) is 0 Å². The SMILES string of the molecule is N#Cc1cccc(-c2nccn2C(N)=O)c1. The molecule has 2 N–H and O–H groups in total.